The predicted octanol–water partition coefficient (Wildman–Crippen LogP) is 2.98. The van der Waals surface area contributed by atoms with Gasteiger partial charge in [0.25, 0.3) is 0 Å². The summed E-state index contributed by atoms with van der Waals surface area (Å²) >= 11 is 0. The average molecular weight is 347 g/mol. The van der Waals surface area contributed by atoms with Gasteiger partial charge < -0.3 is 14.4 Å². The fraction of sp³-hybridized carbons (Fsp3) is 0.100. The third kappa shape index (κ3) is 2.76. The summed E-state index contributed by atoms with van der Waals surface area (Å²) in [7, 11) is 1.69. The summed E-state index contributed by atoms with van der Waals surface area (Å²) in [4.78, 5) is 16.8. The Kier molecular flexibility index (Phi) is 4.02. The molecule has 4 aromatic rings. The van der Waals surface area contributed by atoms with Crippen molar-refractivity contribution in [3.8, 4) is 22.6 Å². The highest BCUT2D eigenvalue weighted by molar-refractivity contribution is 5.81. The van der Waals surface area contributed by atoms with Gasteiger partial charge in [-0.25, -0.2) is 9.78 Å². The number of aliphatic hydroxyl groups is 1. The van der Waals surface area contributed by atoms with Crippen molar-refractivity contribution in [1.29, 1.82) is 0 Å². The number of para-hydroxylation sites is 2. The maximum atomic E-state index is 12.4. The SMILES string of the molecule is Cn1cc(-c2ccccc2Oc2ccccc2)c2nc(CO)cn2c1=O. The molecule has 2 aromatic heterocycles. The highest BCUT2D eigenvalue weighted by Gasteiger charge is 2.16. The van der Waals surface area contributed by atoms with Gasteiger partial charge >= 0.3 is 5.69 Å². The Morgan fingerprint density at radius 3 is 2.50 bits per heavy atom. The van der Waals surface area contributed by atoms with Gasteiger partial charge in [0, 0.05) is 30.6 Å². The molecule has 0 unspecified atom stereocenters. The van der Waals surface area contributed by atoms with Gasteiger partial charge in [-0.1, -0.05) is 36.4 Å². The summed E-state index contributed by atoms with van der Waals surface area (Å²) in [5.41, 5.74) is 2.26. The summed E-state index contributed by atoms with van der Waals surface area (Å²) in [6, 6.07) is 17.1. The molecular weight excluding hydrogens is 330 g/mol. The Hall–Kier alpha value is -3.38. The van der Waals surface area contributed by atoms with Crippen LogP contribution in [0.15, 0.2) is 71.8 Å². The topological polar surface area (TPSA) is 68.8 Å². The first-order valence-electron chi connectivity index (χ1n) is 8.18. The molecule has 0 aliphatic carbocycles. The Morgan fingerprint density at radius 2 is 1.73 bits per heavy atom. The highest BCUT2D eigenvalue weighted by atomic mass is 16.5. The fourth-order valence-electron chi connectivity index (χ4n) is 2.90. The summed E-state index contributed by atoms with van der Waals surface area (Å²) in [6.45, 7) is -0.230. The molecule has 0 saturated carbocycles. The van der Waals surface area contributed by atoms with E-state index in [-0.39, 0.29) is 12.3 Å². The lowest BCUT2D eigenvalue weighted by atomic mass is 10.1. The third-order valence-corrected chi connectivity index (χ3v) is 4.14. The predicted molar refractivity (Wildman–Crippen MR) is 98.3 cm³/mol. The van der Waals surface area contributed by atoms with Gasteiger partial charge in [0.05, 0.1) is 12.3 Å². The van der Waals surface area contributed by atoms with Crippen LogP contribution in [-0.4, -0.2) is 19.1 Å². The standard InChI is InChI=1S/C20H17N3O3/c1-22-12-17(19-21-14(13-24)11-23(19)20(22)25)16-9-5-6-10-18(16)26-15-7-3-2-4-8-15/h2-12,24H,13H2,1H3. The zero-order valence-electron chi connectivity index (χ0n) is 14.2. The zero-order valence-corrected chi connectivity index (χ0v) is 14.2. The lowest BCUT2D eigenvalue weighted by Crippen LogP contribution is -2.23. The molecular formula is C20H17N3O3. The summed E-state index contributed by atoms with van der Waals surface area (Å²) in [6.07, 6.45) is 3.29. The van der Waals surface area contributed by atoms with Crippen LogP contribution in [-0.2, 0) is 13.7 Å². The average Bonchev–Trinajstić information content (AvgIpc) is 3.11. The number of ether oxygens (including phenoxy) is 1. The number of aryl methyl sites for hydroxylation is 1. The molecule has 26 heavy (non-hydrogen) atoms. The Bertz CT molecular complexity index is 1130. The number of imidazole rings is 1. The first-order valence-corrected chi connectivity index (χ1v) is 8.18. The largest absolute Gasteiger partial charge is 0.457 e. The minimum absolute atomic E-state index is 0.225. The van der Waals surface area contributed by atoms with Gasteiger partial charge in [0.1, 0.15) is 11.5 Å². The number of aromatic nitrogens is 3. The number of hydrogen-bond acceptors (Lipinski definition) is 4. The van der Waals surface area contributed by atoms with Crippen molar-refractivity contribution in [2.24, 2.45) is 7.05 Å². The van der Waals surface area contributed by atoms with Crippen LogP contribution in [0.1, 0.15) is 5.69 Å². The van der Waals surface area contributed by atoms with E-state index in [4.69, 9.17) is 4.74 Å². The van der Waals surface area contributed by atoms with Gasteiger partial charge in [-0.05, 0) is 18.2 Å². The van der Waals surface area contributed by atoms with Gasteiger partial charge in [0.15, 0.2) is 5.65 Å². The van der Waals surface area contributed by atoms with E-state index in [1.807, 2.05) is 54.6 Å². The molecule has 4 rings (SSSR count). The van der Waals surface area contributed by atoms with Crippen molar-refractivity contribution in [1.82, 2.24) is 14.0 Å². The lowest BCUT2D eigenvalue weighted by molar-refractivity contribution is 0.277. The molecule has 2 heterocycles. The molecule has 6 heteroatoms. The normalized spacial score (nSPS) is 11.0. The Balaban J connectivity index is 1.92. The second-order valence-electron chi connectivity index (χ2n) is 5.93. The van der Waals surface area contributed by atoms with E-state index in [1.165, 1.54) is 8.97 Å². The van der Waals surface area contributed by atoms with Crippen LogP contribution in [0, 0.1) is 0 Å². The molecule has 0 aliphatic heterocycles. The van der Waals surface area contributed by atoms with E-state index in [1.54, 1.807) is 19.4 Å². The first kappa shape index (κ1) is 16.1. The van der Waals surface area contributed by atoms with Gasteiger partial charge in [-0.2, -0.15) is 0 Å². The van der Waals surface area contributed by atoms with Crippen molar-refractivity contribution in [2.45, 2.75) is 6.61 Å². The number of benzene rings is 2. The zero-order chi connectivity index (χ0) is 18.1. The maximum Gasteiger partial charge on any atom is 0.333 e. The van der Waals surface area contributed by atoms with Crippen molar-refractivity contribution in [3.63, 3.8) is 0 Å². The molecule has 130 valence electrons. The summed E-state index contributed by atoms with van der Waals surface area (Å²) < 4.78 is 8.98. The Labute approximate surface area is 149 Å². The maximum absolute atomic E-state index is 12.4. The van der Waals surface area contributed by atoms with E-state index in [0.717, 1.165) is 16.9 Å². The molecule has 1 N–H and O–H groups in total. The third-order valence-electron chi connectivity index (χ3n) is 4.14. The van der Waals surface area contributed by atoms with Crippen molar-refractivity contribution in [3.05, 3.63) is 83.2 Å². The quantitative estimate of drug-likeness (QED) is 0.616. The van der Waals surface area contributed by atoms with Crippen molar-refractivity contribution >= 4 is 5.65 Å². The second-order valence-corrected chi connectivity index (χ2v) is 5.93. The van der Waals surface area contributed by atoms with Crippen LogP contribution in [0.5, 0.6) is 11.5 Å². The van der Waals surface area contributed by atoms with E-state index in [2.05, 4.69) is 4.98 Å². The van der Waals surface area contributed by atoms with E-state index in [0.29, 0.717) is 17.1 Å². The first-order chi connectivity index (χ1) is 12.7. The van der Waals surface area contributed by atoms with E-state index >= 15 is 0 Å². The number of fused-ring (bicyclic) bond motifs is 1. The van der Waals surface area contributed by atoms with Crippen LogP contribution in [0.2, 0.25) is 0 Å². The van der Waals surface area contributed by atoms with Crippen LogP contribution in [0.4, 0.5) is 0 Å². The second kappa shape index (κ2) is 6.50. The molecule has 0 radical (unpaired) electrons. The lowest BCUT2D eigenvalue weighted by Gasteiger charge is -2.13. The number of rotatable bonds is 4. The minimum Gasteiger partial charge on any atom is -0.457 e. The summed E-state index contributed by atoms with van der Waals surface area (Å²) in [5.74, 6) is 1.38. The van der Waals surface area contributed by atoms with Crippen LogP contribution in [0.3, 0.4) is 0 Å². The van der Waals surface area contributed by atoms with Gasteiger partial charge in [-0.15, -0.1) is 0 Å². The highest BCUT2D eigenvalue weighted by Crippen LogP contribution is 2.34. The molecule has 0 aliphatic rings. The fourth-order valence-corrected chi connectivity index (χ4v) is 2.90. The van der Waals surface area contributed by atoms with Crippen molar-refractivity contribution < 1.29 is 9.84 Å². The molecule has 0 fully saturated rings. The number of hydrogen-bond donors (Lipinski definition) is 1. The van der Waals surface area contributed by atoms with E-state index in [9.17, 15) is 9.90 Å². The van der Waals surface area contributed by atoms with Crippen LogP contribution >= 0.6 is 0 Å². The Morgan fingerprint density at radius 1 is 1.00 bits per heavy atom. The molecule has 6 nitrogen and oxygen atoms in total. The monoisotopic (exact) mass is 347 g/mol. The number of aliphatic hydroxyl groups excluding tert-OH is 1. The molecule has 0 saturated heterocycles. The summed E-state index contributed by atoms with van der Waals surface area (Å²) in [5, 5.41) is 9.40. The number of nitrogens with zero attached hydrogens (tertiary/aromatic N) is 3. The molecule has 0 atom stereocenters. The molecule has 0 amide bonds. The van der Waals surface area contributed by atoms with Gasteiger partial charge in [-0.3, -0.25) is 4.40 Å². The molecule has 2 aromatic carbocycles. The minimum atomic E-state index is -0.230. The molecule has 0 bridgehead atoms. The van der Waals surface area contributed by atoms with Gasteiger partial charge in [0.2, 0.25) is 0 Å². The smallest absolute Gasteiger partial charge is 0.333 e. The van der Waals surface area contributed by atoms with Crippen LogP contribution < -0.4 is 10.4 Å². The van der Waals surface area contributed by atoms with Crippen LogP contribution in [0.25, 0.3) is 16.8 Å². The van der Waals surface area contributed by atoms with E-state index < -0.39 is 0 Å². The molecule has 0 spiro atoms. The van der Waals surface area contributed by atoms with Crippen molar-refractivity contribution in [2.75, 3.05) is 0 Å².